The molecule has 2 aliphatic rings. The zero-order valence-corrected chi connectivity index (χ0v) is 12.0. The number of nitrogens with two attached hydrogens (primary N) is 1. The van der Waals surface area contributed by atoms with Crippen molar-refractivity contribution in [3.63, 3.8) is 0 Å². The average Bonchev–Trinajstić information content (AvgIpc) is 2.77. The van der Waals surface area contributed by atoms with Crippen LogP contribution >= 0.6 is 0 Å². The maximum Gasteiger partial charge on any atom is 0.236 e. The van der Waals surface area contributed by atoms with Crippen molar-refractivity contribution in [3.8, 4) is 0 Å². The number of ether oxygens (including phenoxy) is 1. The van der Waals surface area contributed by atoms with Crippen molar-refractivity contribution >= 4 is 11.8 Å². The third kappa shape index (κ3) is 4.16. The van der Waals surface area contributed by atoms with Gasteiger partial charge in [-0.05, 0) is 6.92 Å². The molecule has 2 rings (SSSR count). The molecule has 0 radical (unpaired) electrons. The molecule has 2 aliphatic heterocycles. The maximum absolute atomic E-state index is 11.9. The van der Waals surface area contributed by atoms with Crippen molar-refractivity contribution in [1.82, 2.24) is 15.1 Å². The molecule has 0 aromatic heterocycles. The average molecular weight is 284 g/mol. The zero-order valence-electron chi connectivity index (χ0n) is 12.0. The minimum atomic E-state index is -0.535. The Morgan fingerprint density at radius 2 is 2.15 bits per heavy atom. The number of hydrogen-bond acceptors (Lipinski definition) is 5. The molecule has 3 N–H and O–H groups in total. The smallest absolute Gasteiger partial charge is 0.236 e. The molecule has 7 nitrogen and oxygen atoms in total. The van der Waals surface area contributed by atoms with Crippen LogP contribution in [-0.2, 0) is 14.3 Å². The molecule has 7 heteroatoms. The van der Waals surface area contributed by atoms with Crippen LogP contribution < -0.4 is 11.1 Å². The van der Waals surface area contributed by atoms with Gasteiger partial charge in [0.05, 0.1) is 25.3 Å². The van der Waals surface area contributed by atoms with E-state index in [-0.39, 0.29) is 17.9 Å². The molecule has 0 bridgehead atoms. The van der Waals surface area contributed by atoms with Crippen molar-refractivity contribution in [2.24, 2.45) is 5.73 Å². The molecule has 2 fully saturated rings. The Labute approximate surface area is 119 Å². The Bertz CT molecular complexity index is 356. The highest BCUT2D eigenvalue weighted by atomic mass is 16.5. The van der Waals surface area contributed by atoms with E-state index in [9.17, 15) is 9.59 Å². The second kappa shape index (κ2) is 7.01. The van der Waals surface area contributed by atoms with Crippen molar-refractivity contribution in [3.05, 3.63) is 0 Å². The predicted octanol–water partition coefficient (Wildman–Crippen LogP) is -1.62. The molecule has 0 saturated carbocycles. The van der Waals surface area contributed by atoms with Crippen LogP contribution in [0.1, 0.15) is 13.3 Å². The fraction of sp³-hybridized carbons (Fsp3) is 0.846. The maximum atomic E-state index is 11.9. The number of morpholine rings is 1. The fourth-order valence-electron chi connectivity index (χ4n) is 2.50. The van der Waals surface area contributed by atoms with Crippen LogP contribution in [0.25, 0.3) is 0 Å². The summed E-state index contributed by atoms with van der Waals surface area (Å²) in [5, 5.41) is 2.82. The lowest BCUT2D eigenvalue weighted by molar-refractivity contribution is -0.128. The van der Waals surface area contributed by atoms with E-state index in [2.05, 4.69) is 10.2 Å². The van der Waals surface area contributed by atoms with E-state index >= 15 is 0 Å². The topological polar surface area (TPSA) is 87.9 Å². The molecule has 0 aliphatic carbocycles. The highest BCUT2D eigenvalue weighted by molar-refractivity contribution is 5.84. The monoisotopic (exact) mass is 284 g/mol. The predicted molar refractivity (Wildman–Crippen MR) is 74.0 cm³/mol. The Kier molecular flexibility index (Phi) is 5.33. The molecule has 2 amide bonds. The summed E-state index contributed by atoms with van der Waals surface area (Å²) in [7, 11) is 0. The van der Waals surface area contributed by atoms with Gasteiger partial charge in [-0.15, -0.1) is 0 Å². The van der Waals surface area contributed by atoms with Crippen LogP contribution in [0, 0.1) is 0 Å². The van der Waals surface area contributed by atoms with Gasteiger partial charge in [0, 0.05) is 39.1 Å². The molecular formula is C13H24N4O3. The van der Waals surface area contributed by atoms with Gasteiger partial charge in [-0.25, -0.2) is 0 Å². The van der Waals surface area contributed by atoms with Crippen LogP contribution in [0.3, 0.4) is 0 Å². The number of rotatable bonds is 5. The van der Waals surface area contributed by atoms with E-state index in [1.54, 1.807) is 6.92 Å². The van der Waals surface area contributed by atoms with Crippen LogP contribution in [0.4, 0.5) is 0 Å². The molecule has 1 unspecified atom stereocenters. The summed E-state index contributed by atoms with van der Waals surface area (Å²) in [5.74, 6) is -0.0916. The molecule has 0 aromatic carbocycles. The molecule has 114 valence electrons. The van der Waals surface area contributed by atoms with E-state index in [0.717, 1.165) is 32.8 Å². The normalized spacial score (nSPS) is 25.8. The van der Waals surface area contributed by atoms with E-state index in [1.165, 1.54) is 0 Å². The quantitative estimate of drug-likeness (QED) is 0.634. The highest BCUT2D eigenvalue weighted by Gasteiger charge is 2.31. The lowest BCUT2D eigenvalue weighted by Crippen LogP contribution is -2.45. The summed E-state index contributed by atoms with van der Waals surface area (Å²) in [6.45, 7) is 7.18. The second-order valence-corrected chi connectivity index (χ2v) is 5.49. The minimum absolute atomic E-state index is 0.105. The molecule has 20 heavy (non-hydrogen) atoms. The van der Waals surface area contributed by atoms with Gasteiger partial charge in [-0.2, -0.15) is 0 Å². The molecular weight excluding hydrogens is 260 g/mol. The van der Waals surface area contributed by atoms with Crippen molar-refractivity contribution in [1.29, 1.82) is 0 Å². The first-order valence-corrected chi connectivity index (χ1v) is 7.20. The second-order valence-electron chi connectivity index (χ2n) is 5.49. The summed E-state index contributed by atoms with van der Waals surface area (Å²) in [6, 6.07) is -0.641. The van der Waals surface area contributed by atoms with Gasteiger partial charge >= 0.3 is 0 Å². The third-order valence-corrected chi connectivity index (χ3v) is 3.76. The molecule has 0 spiro atoms. The van der Waals surface area contributed by atoms with Crippen LogP contribution in [-0.4, -0.2) is 79.6 Å². The number of nitrogens with zero attached hydrogens (tertiary/aromatic N) is 2. The highest BCUT2D eigenvalue weighted by Crippen LogP contribution is 2.11. The molecule has 2 atom stereocenters. The third-order valence-electron chi connectivity index (χ3n) is 3.76. The Morgan fingerprint density at radius 1 is 1.45 bits per heavy atom. The summed E-state index contributed by atoms with van der Waals surface area (Å²) >= 11 is 0. The van der Waals surface area contributed by atoms with Gasteiger partial charge < -0.3 is 20.7 Å². The van der Waals surface area contributed by atoms with Crippen LogP contribution in [0.5, 0.6) is 0 Å². The first kappa shape index (κ1) is 15.2. The molecule has 2 heterocycles. The number of amides is 2. The zero-order chi connectivity index (χ0) is 14.5. The minimum Gasteiger partial charge on any atom is -0.379 e. The number of nitrogens with one attached hydrogen (secondary N) is 1. The lowest BCUT2D eigenvalue weighted by atomic mass is 10.2. The standard InChI is InChI=1S/C13H24N4O3/c1-10(14)13(19)15-11-8-12(18)17(9-11)3-2-16-4-6-20-7-5-16/h10-11H,2-9,14H2,1H3,(H,15,19)/t10-,11?/m1/s1. The Morgan fingerprint density at radius 3 is 2.80 bits per heavy atom. The van der Waals surface area contributed by atoms with Gasteiger partial charge in [-0.3, -0.25) is 14.5 Å². The van der Waals surface area contributed by atoms with Gasteiger partial charge in [0.1, 0.15) is 0 Å². The fourth-order valence-corrected chi connectivity index (χ4v) is 2.50. The van der Waals surface area contributed by atoms with E-state index < -0.39 is 6.04 Å². The summed E-state index contributed by atoms with van der Waals surface area (Å²) < 4.78 is 5.29. The summed E-state index contributed by atoms with van der Waals surface area (Å²) in [4.78, 5) is 27.6. The number of hydrogen-bond donors (Lipinski definition) is 2. The SMILES string of the molecule is C[C@@H](N)C(=O)NC1CC(=O)N(CCN2CCOCC2)C1. The van der Waals surface area contributed by atoms with Crippen LogP contribution in [0.15, 0.2) is 0 Å². The van der Waals surface area contributed by atoms with Crippen molar-refractivity contribution in [2.45, 2.75) is 25.4 Å². The summed E-state index contributed by atoms with van der Waals surface area (Å²) in [6.07, 6.45) is 0.377. The van der Waals surface area contributed by atoms with E-state index in [1.807, 2.05) is 4.90 Å². The summed E-state index contributed by atoms with van der Waals surface area (Å²) in [5.41, 5.74) is 5.51. The van der Waals surface area contributed by atoms with E-state index in [0.29, 0.717) is 19.5 Å². The van der Waals surface area contributed by atoms with Gasteiger partial charge in [-0.1, -0.05) is 0 Å². The largest absolute Gasteiger partial charge is 0.379 e. The number of likely N-dealkylation sites (tertiary alicyclic amines) is 1. The Balaban J connectivity index is 1.73. The van der Waals surface area contributed by atoms with Gasteiger partial charge in [0.25, 0.3) is 0 Å². The Hall–Kier alpha value is -1.18. The van der Waals surface area contributed by atoms with E-state index in [4.69, 9.17) is 10.5 Å². The van der Waals surface area contributed by atoms with Gasteiger partial charge in [0.15, 0.2) is 0 Å². The number of carbonyl (C=O) groups excluding carboxylic acids is 2. The number of carbonyl (C=O) groups is 2. The van der Waals surface area contributed by atoms with Crippen molar-refractivity contribution < 1.29 is 14.3 Å². The molecule has 2 saturated heterocycles. The first-order valence-electron chi connectivity index (χ1n) is 7.20. The lowest BCUT2D eigenvalue weighted by Gasteiger charge is -2.28. The molecule has 0 aromatic rings. The van der Waals surface area contributed by atoms with Gasteiger partial charge in [0.2, 0.25) is 11.8 Å². The first-order chi connectivity index (χ1) is 9.56. The van der Waals surface area contributed by atoms with Crippen LogP contribution in [0.2, 0.25) is 0 Å². The van der Waals surface area contributed by atoms with Crippen molar-refractivity contribution in [2.75, 3.05) is 45.9 Å².